The van der Waals surface area contributed by atoms with Crippen LogP contribution in [0.5, 0.6) is 5.75 Å². The molecule has 1 saturated heterocycles. The third-order valence-electron chi connectivity index (χ3n) is 4.84. The van der Waals surface area contributed by atoms with Crippen LogP contribution in [-0.2, 0) is 11.2 Å². The van der Waals surface area contributed by atoms with E-state index >= 15 is 0 Å². The summed E-state index contributed by atoms with van der Waals surface area (Å²) in [6.45, 7) is 5.65. The molecule has 0 radical (unpaired) electrons. The van der Waals surface area contributed by atoms with Crippen LogP contribution in [0.25, 0.3) is 0 Å². The second-order valence-electron chi connectivity index (χ2n) is 6.02. The van der Waals surface area contributed by atoms with Crippen molar-refractivity contribution in [1.82, 2.24) is 4.90 Å². The lowest BCUT2D eigenvalue weighted by molar-refractivity contribution is -0.148. The minimum atomic E-state index is -0.656. The van der Waals surface area contributed by atoms with Crippen LogP contribution in [0, 0.1) is 5.41 Å². The third kappa shape index (κ3) is 3.21. The normalized spacial score (nSPS) is 24.0. The summed E-state index contributed by atoms with van der Waals surface area (Å²) in [6.07, 6.45) is 2.32. The van der Waals surface area contributed by atoms with Crippen molar-refractivity contribution in [2.45, 2.75) is 39.2 Å². The minimum Gasteiger partial charge on any atom is -0.496 e. The Kier molecular flexibility index (Phi) is 4.88. The maximum absolute atomic E-state index is 11.5. The lowest BCUT2D eigenvalue weighted by Crippen LogP contribution is -2.38. The molecule has 1 aromatic carbocycles. The second kappa shape index (κ2) is 6.48. The van der Waals surface area contributed by atoms with Crippen molar-refractivity contribution in [3.63, 3.8) is 0 Å². The van der Waals surface area contributed by atoms with Crippen molar-refractivity contribution in [3.8, 4) is 5.75 Å². The van der Waals surface area contributed by atoms with E-state index in [4.69, 9.17) is 4.74 Å². The highest BCUT2D eigenvalue weighted by Gasteiger charge is 2.44. The summed E-state index contributed by atoms with van der Waals surface area (Å²) >= 11 is 0. The summed E-state index contributed by atoms with van der Waals surface area (Å²) < 4.78 is 5.40. The van der Waals surface area contributed by atoms with E-state index in [9.17, 15) is 9.90 Å². The number of hydrogen-bond acceptors (Lipinski definition) is 3. The van der Waals surface area contributed by atoms with Crippen molar-refractivity contribution in [2.24, 2.45) is 5.41 Å². The number of aliphatic carboxylic acids is 1. The predicted molar refractivity (Wildman–Crippen MR) is 82.7 cm³/mol. The molecule has 0 saturated carbocycles. The van der Waals surface area contributed by atoms with Gasteiger partial charge in [-0.15, -0.1) is 0 Å². The summed E-state index contributed by atoms with van der Waals surface area (Å²) in [6, 6.07) is 8.35. The van der Waals surface area contributed by atoms with Gasteiger partial charge in [0, 0.05) is 12.6 Å². The number of likely N-dealkylation sites (tertiary alicyclic amines) is 1. The molecule has 21 heavy (non-hydrogen) atoms. The lowest BCUT2D eigenvalue weighted by Gasteiger charge is -2.27. The highest BCUT2D eigenvalue weighted by molar-refractivity contribution is 5.75. The Labute approximate surface area is 126 Å². The molecule has 0 aliphatic carbocycles. The van der Waals surface area contributed by atoms with E-state index in [1.807, 2.05) is 25.1 Å². The summed E-state index contributed by atoms with van der Waals surface area (Å²) in [5.74, 6) is 0.250. The first-order chi connectivity index (χ1) is 10.0. The van der Waals surface area contributed by atoms with Crippen LogP contribution in [-0.4, -0.2) is 42.2 Å². The zero-order valence-corrected chi connectivity index (χ0v) is 13.1. The van der Waals surface area contributed by atoms with E-state index < -0.39 is 11.4 Å². The van der Waals surface area contributed by atoms with Crippen LogP contribution in [0.3, 0.4) is 0 Å². The molecule has 0 bridgehead atoms. The highest BCUT2D eigenvalue weighted by atomic mass is 16.5. The number of carbonyl (C=O) groups is 1. The molecule has 0 spiro atoms. The van der Waals surface area contributed by atoms with E-state index in [1.54, 1.807) is 7.11 Å². The number of hydrogen-bond donors (Lipinski definition) is 1. The van der Waals surface area contributed by atoms with Crippen LogP contribution in [0.4, 0.5) is 0 Å². The van der Waals surface area contributed by atoms with Gasteiger partial charge in [-0.1, -0.05) is 25.1 Å². The predicted octanol–water partition coefficient (Wildman–Crippen LogP) is 2.81. The molecule has 2 rings (SSSR count). The third-order valence-corrected chi connectivity index (χ3v) is 4.84. The van der Waals surface area contributed by atoms with E-state index in [1.165, 1.54) is 5.56 Å². The Morgan fingerprint density at radius 1 is 1.48 bits per heavy atom. The van der Waals surface area contributed by atoms with Gasteiger partial charge < -0.3 is 9.84 Å². The first kappa shape index (κ1) is 15.8. The molecule has 0 amide bonds. The fourth-order valence-corrected chi connectivity index (χ4v) is 3.21. The van der Waals surface area contributed by atoms with Crippen molar-refractivity contribution in [2.75, 3.05) is 20.2 Å². The number of carboxylic acids is 1. The number of benzene rings is 1. The van der Waals surface area contributed by atoms with Crippen molar-refractivity contribution in [1.29, 1.82) is 0 Å². The average Bonchev–Trinajstić information content (AvgIpc) is 2.94. The summed E-state index contributed by atoms with van der Waals surface area (Å²) in [5.41, 5.74) is 0.617. The number of carboxylic acid groups (broad SMARTS) is 1. The smallest absolute Gasteiger partial charge is 0.310 e. The van der Waals surface area contributed by atoms with Gasteiger partial charge in [0.15, 0.2) is 0 Å². The molecule has 1 fully saturated rings. The number of ether oxygens (including phenoxy) is 1. The van der Waals surface area contributed by atoms with Gasteiger partial charge in [-0.2, -0.15) is 0 Å². The van der Waals surface area contributed by atoms with Crippen LogP contribution in [0.2, 0.25) is 0 Å². The number of methoxy groups -OCH3 is 1. The van der Waals surface area contributed by atoms with Gasteiger partial charge in [0.25, 0.3) is 0 Å². The van der Waals surface area contributed by atoms with Crippen LogP contribution >= 0.6 is 0 Å². The second-order valence-corrected chi connectivity index (χ2v) is 6.02. The summed E-state index contributed by atoms with van der Waals surface area (Å²) in [5, 5.41) is 9.49. The fraction of sp³-hybridized carbons (Fsp3) is 0.588. The molecule has 1 N–H and O–H groups in total. The number of rotatable bonds is 6. The number of para-hydroxylation sites is 1. The van der Waals surface area contributed by atoms with Gasteiger partial charge >= 0.3 is 5.97 Å². The molecule has 116 valence electrons. The molecule has 0 aromatic heterocycles. The topological polar surface area (TPSA) is 49.8 Å². The highest BCUT2D eigenvalue weighted by Crippen LogP contribution is 2.35. The van der Waals surface area contributed by atoms with Crippen molar-refractivity contribution < 1.29 is 14.6 Å². The van der Waals surface area contributed by atoms with Gasteiger partial charge in [-0.05, 0) is 44.4 Å². The quantitative estimate of drug-likeness (QED) is 0.875. The molecular weight excluding hydrogens is 266 g/mol. The Morgan fingerprint density at radius 2 is 2.19 bits per heavy atom. The minimum absolute atomic E-state index is 0.314. The molecule has 1 aliphatic heterocycles. The Balaban J connectivity index is 2.05. The SMILES string of the molecule is CCC1(C(=O)O)CCN(C(C)Cc2ccccc2OC)C1. The first-order valence-electron chi connectivity index (χ1n) is 7.62. The molecule has 1 aromatic rings. The maximum atomic E-state index is 11.5. The van der Waals surface area contributed by atoms with E-state index in [0.29, 0.717) is 19.0 Å². The zero-order chi connectivity index (χ0) is 15.5. The molecule has 4 nitrogen and oxygen atoms in total. The van der Waals surface area contributed by atoms with Gasteiger partial charge in [-0.25, -0.2) is 0 Å². The Hall–Kier alpha value is -1.55. The van der Waals surface area contributed by atoms with Crippen LogP contribution < -0.4 is 4.74 Å². The molecule has 1 aliphatic rings. The molecule has 1 heterocycles. The molecule has 2 atom stereocenters. The Morgan fingerprint density at radius 3 is 2.76 bits per heavy atom. The number of nitrogens with zero attached hydrogens (tertiary/aromatic N) is 1. The van der Waals surface area contributed by atoms with Crippen molar-refractivity contribution >= 4 is 5.97 Å². The Bertz CT molecular complexity index is 503. The molecule has 2 unspecified atom stereocenters. The van der Waals surface area contributed by atoms with Gasteiger partial charge in [-0.3, -0.25) is 9.69 Å². The first-order valence-corrected chi connectivity index (χ1v) is 7.62. The van der Waals surface area contributed by atoms with E-state index in [0.717, 1.165) is 25.1 Å². The summed E-state index contributed by atoms with van der Waals surface area (Å²) in [4.78, 5) is 13.8. The lowest BCUT2D eigenvalue weighted by atomic mass is 9.84. The van der Waals surface area contributed by atoms with Crippen LogP contribution in [0.1, 0.15) is 32.3 Å². The van der Waals surface area contributed by atoms with Crippen molar-refractivity contribution in [3.05, 3.63) is 29.8 Å². The van der Waals surface area contributed by atoms with Gasteiger partial charge in [0.05, 0.1) is 12.5 Å². The van der Waals surface area contributed by atoms with E-state index in [2.05, 4.69) is 17.9 Å². The van der Waals surface area contributed by atoms with Gasteiger partial charge in [0.1, 0.15) is 5.75 Å². The van der Waals surface area contributed by atoms with E-state index in [-0.39, 0.29) is 0 Å². The van der Waals surface area contributed by atoms with Gasteiger partial charge in [0.2, 0.25) is 0 Å². The fourth-order valence-electron chi connectivity index (χ4n) is 3.21. The standard InChI is InChI=1S/C17H25NO3/c1-4-17(16(19)20)9-10-18(12-17)13(2)11-14-7-5-6-8-15(14)21-3/h5-8,13H,4,9-12H2,1-3H3,(H,19,20). The zero-order valence-electron chi connectivity index (χ0n) is 13.1. The molecule has 4 heteroatoms. The monoisotopic (exact) mass is 291 g/mol. The molecular formula is C17H25NO3. The largest absolute Gasteiger partial charge is 0.496 e. The summed E-state index contributed by atoms with van der Waals surface area (Å²) in [7, 11) is 1.69. The van der Waals surface area contributed by atoms with Crippen LogP contribution in [0.15, 0.2) is 24.3 Å². The maximum Gasteiger partial charge on any atom is 0.310 e. The average molecular weight is 291 g/mol.